The molecule has 1 aliphatic carbocycles. The molecule has 2 N–H and O–H groups in total. The first-order valence-electron chi connectivity index (χ1n) is 10.8. The second-order valence-corrected chi connectivity index (χ2v) is 9.93. The Bertz CT molecular complexity index is 1090. The third-order valence-corrected chi connectivity index (χ3v) is 6.73. The van der Waals surface area contributed by atoms with Crippen LogP contribution in [0.3, 0.4) is 0 Å². The van der Waals surface area contributed by atoms with Gasteiger partial charge in [0.25, 0.3) is 0 Å². The molecule has 3 aromatic rings. The lowest BCUT2D eigenvalue weighted by Gasteiger charge is -2.20. The van der Waals surface area contributed by atoms with Crippen LogP contribution in [0.15, 0.2) is 47.4 Å². The molecule has 0 atom stereocenters. The van der Waals surface area contributed by atoms with E-state index in [1.165, 1.54) is 0 Å². The minimum atomic E-state index is -0.925. The van der Waals surface area contributed by atoms with Gasteiger partial charge in [0.1, 0.15) is 5.75 Å². The zero-order valence-electron chi connectivity index (χ0n) is 18.3. The van der Waals surface area contributed by atoms with Crippen molar-refractivity contribution >= 4 is 28.6 Å². The zero-order chi connectivity index (χ0) is 22.1. The predicted molar refractivity (Wildman–Crippen MR) is 126 cm³/mol. The van der Waals surface area contributed by atoms with Crippen LogP contribution in [0.5, 0.6) is 5.75 Å². The fraction of sp³-hybridized carbons (Fsp3) is 0.400. The number of thioether (sulfide) groups is 1. The molecule has 0 spiro atoms. The van der Waals surface area contributed by atoms with Crippen molar-refractivity contribution in [1.82, 2.24) is 9.47 Å². The molecule has 1 aromatic heterocycles. The molecule has 164 valence electrons. The Morgan fingerprint density at radius 2 is 1.90 bits per heavy atom. The smallest absolute Gasteiger partial charge is 0.338 e. The first-order valence-corrected chi connectivity index (χ1v) is 11.8. The van der Waals surface area contributed by atoms with Crippen molar-refractivity contribution < 1.29 is 15.0 Å². The van der Waals surface area contributed by atoms with Crippen LogP contribution in [0.4, 0.5) is 0 Å². The molecule has 0 radical (unpaired) electrons. The topological polar surface area (TPSA) is 65.7 Å². The van der Waals surface area contributed by atoms with E-state index < -0.39 is 5.97 Å². The van der Waals surface area contributed by atoms with Crippen LogP contribution in [-0.2, 0) is 12.3 Å². The number of benzene rings is 2. The van der Waals surface area contributed by atoms with Crippen molar-refractivity contribution in [2.75, 3.05) is 13.6 Å². The van der Waals surface area contributed by atoms with Crippen molar-refractivity contribution in [3.63, 3.8) is 0 Å². The first kappa shape index (κ1) is 21.8. The van der Waals surface area contributed by atoms with Gasteiger partial charge in [-0.3, -0.25) is 0 Å². The number of carboxylic acids is 1. The molecule has 0 amide bonds. The molecule has 31 heavy (non-hydrogen) atoms. The summed E-state index contributed by atoms with van der Waals surface area (Å²) in [6, 6.07) is 14.0. The summed E-state index contributed by atoms with van der Waals surface area (Å²) in [7, 11) is 2.02. The summed E-state index contributed by atoms with van der Waals surface area (Å²) in [5, 5.41) is 21.7. The minimum absolute atomic E-state index is 0.167. The third-order valence-electron chi connectivity index (χ3n) is 5.70. The second kappa shape index (κ2) is 8.97. The number of fused-ring (bicyclic) bond motifs is 1. The predicted octanol–water partition coefficient (Wildman–Crippen LogP) is 5.76. The van der Waals surface area contributed by atoms with E-state index in [1.54, 1.807) is 17.8 Å². The summed E-state index contributed by atoms with van der Waals surface area (Å²) in [4.78, 5) is 15.8. The van der Waals surface area contributed by atoms with E-state index in [4.69, 9.17) is 0 Å². The van der Waals surface area contributed by atoms with Crippen LogP contribution in [0.25, 0.3) is 10.9 Å². The van der Waals surface area contributed by atoms with E-state index in [9.17, 15) is 15.0 Å². The van der Waals surface area contributed by atoms with Gasteiger partial charge in [0.15, 0.2) is 0 Å². The van der Waals surface area contributed by atoms with Gasteiger partial charge >= 0.3 is 5.97 Å². The zero-order valence-corrected chi connectivity index (χ0v) is 19.2. The highest BCUT2D eigenvalue weighted by Crippen LogP contribution is 2.45. The molecular weight excluding hydrogens is 408 g/mol. The molecule has 4 rings (SSSR count). The van der Waals surface area contributed by atoms with E-state index in [0.29, 0.717) is 40.8 Å². The summed E-state index contributed by atoms with van der Waals surface area (Å²) in [6.45, 7) is 5.70. The lowest BCUT2D eigenvalue weighted by Crippen LogP contribution is -2.23. The monoisotopic (exact) mass is 438 g/mol. The van der Waals surface area contributed by atoms with Crippen molar-refractivity contribution in [3.05, 3.63) is 59.3 Å². The highest BCUT2D eigenvalue weighted by atomic mass is 32.2. The number of hydrogen-bond acceptors (Lipinski definition) is 4. The average molecular weight is 439 g/mol. The number of carbonyl (C=O) groups is 1. The van der Waals surface area contributed by atoms with E-state index in [2.05, 4.69) is 23.3 Å². The van der Waals surface area contributed by atoms with Gasteiger partial charge in [-0.1, -0.05) is 32.0 Å². The number of phenolic OH excluding ortho intramolecular Hbond substituents is 1. The highest BCUT2D eigenvalue weighted by molar-refractivity contribution is 7.98. The first-order chi connectivity index (χ1) is 14.9. The maximum Gasteiger partial charge on any atom is 0.338 e. The average Bonchev–Trinajstić information content (AvgIpc) is 3.49. The molecule has 1 aliphatic rings. The molecule has 1 heterocycles. The molecule has 5 nitrogen and oxygen atoms in total. The van der Waals surface area contributed by atoms with Crippen molar-refractivity contribution in [2.24, 2.45) is 5.92 Å². The lowest BCUT2D eigenvalue weighted by molar-refractivity contribution is 0.0697. The SMILES string of the molecule is CC(C)CN(C)Cc1c(O)ccc2c1c(C(=O)O)c(CSc1ccccc1)n2C1CC1. The van der Waals surface area contributed by atoms with Crippen LogP contribution < -0.4 is 0 Å². The molecule has 0 aliphatic heterocycles. The maximum absolute atomic E-state index is 12.5. The number of carboxylic acid groups (broad SMARTS) is 1. The Balaban J connectivity index is 1.84. The Morgan fingerprint density at radius 1 is 1.19 bits per heavy atom. The van der Waals surface area contributed by atoms with Crippen molar-refractivity contribution in [3.8, 4) is 5.75 Å². The van der Waals surface area contributed by atoms with Crippen LogP contribution in [0.2, 0.25) is 0 Å². The molecule has 1 fully saturated rings. The number of nitrogens with zero attached hydrogens (tertiary/aromatic N) is 2. The summed E-state index contributed by atoms with van der Waals surface area (Å²) in [5.74, 6) is 0.310. The quantitative estimate of drug-likeness (QED) is 0.416. The van der Waals surface area contributed by atoms with E-state index in [-0.39, 0.29) is 5.75 Å². The lowest BCUT2D eigenvalue weighted by atomic mass is 10.0. The fourth-order valence-electron chi connectivity index (χ4n) is 4.42. The standard InChI is InChI=1S/C25H30N2O3S/c1-16(2)13-26(3)14-19-22(28)12-11-20-23(19)24(25(29)30)21(27(20)17-9-10-17)15-31-18-7-5-4-6-8-18/h4-8,11-12,16-17,28H,9-10,13-15H2,1-3H3,(H,29,30). The van der Waals surface area contributed by atoms with Gasteiger partial charge in [0.2, 0.25) is 0 Å². The van der Waals surface area contributed by atoms with Crippen LogP contribution in [0, 0.1) is 5.92 Å². The van der Waals surface area contributed by atoms with Gasteiger partial charge < -0.3 is 19.7 Å². The molecule has 2 aromatic carbocycles. The summed E-state index contributed by atoms with van der Waals surface area (Å²) >= 11 is 1.65. The number of hydrogen-bond donors (Lipinski definition) is 2. The molecule has 0 unspecified atom stereocenters. The number of aromatic nitrogens is 1. The molecule has 6 heteroatoms. The minimum Gasteiger partial charge on any atom is -0.508 e. The van der Waals surface area contributed by atoms with E-state index in [1.807, 2.05) is 43.4 Å². The Morgan fingerprint density at radius 3 is 2.52 bits per heavy atom. The third kappa shape index (κ3) is 4.60. The normalized spacial score (nSPS) is 14.1. The number of aromatic carboxylic acids is 1. The van der Waals surface area contributed by atoms with Gasteiger partial charge in [-0.05, 0) is 50.1 Å². The summed E-state index contributed by atoms with van der Waals surface area (Å²) in [5.41, 5.74) is 2.82. The highest BCUT2D eigenvalue weighted by Gasteiger charge is 2.33. The van der Waals surface area contributed by atoms with Crippen molar-refractivity contribution in [2.45, 2.75) is 49.9 Å². The van der Waals surface area contributed by atoms with Gasteiger partial charge in [-0.25, -0.2) is 4.79 Å². The van der Waals surface area contributed by atoms with Gasteiger partial charge in [0.05, 0.1) is 5.56 Å². The van der Waals surface area contributed by atoms with Crippen LogP contribution >= 0.6 is 11.8 Å². The molecule has 0 bridgehead atoms. The van der Waals surface area contributed by atoms with Gasteiger partial charge in [0, 0.05) is 51.9 Å². The molecular formula is C25H30N2O3S. The number of aromatic hydroxyl groups is 1. The Hall–Kier alpha value is -2.44. The number of phenols is 1. The molecule has 1 saturated carbocycles. The number of rotatable bonds is 9. The summed E-state index contributed by atoms with van der Waals surface area (Å²) < 4.78 is 2.22. The maximum atomic E-state index is 12.5. The summed E-state index contributed by atoms with van der Waals surface area (Å²) in [6.07, 6.45) is 2.13. The Kier molecular flexibility index (Phi) is 6.30. The van der Waals surface area contributed by atoms with Gasteiger partial charge in [-0.2, -0.15) is 0 Å². The molecule has 0 saturated heterocycles. The largest absolute Gasteiger partial charge is 0.508 e. The van der Waals surface area contributed by atoms with Crippen LogP contribution in [-0.4, -0.2) is 39.2 Å². The van der Waals surface area contributed by atoms with Crippen molar-refractivity contribution in [1.29, 1.82) is 0 Å². The van der Waals surface area contributed by atoms with E-state index in [0.717, 1.165) is 35.5 Å². The van der Waals surface area contributed by atoms with E-state index >= 15 is 0 Å². The van der Waals surface area contributed by atoms with Gasteiger partial charge in [-0.15, -0.1) is 11.8 Å². The Labute approximate surface area is 187 Å². The second-order valence-electron chi connectivity index (χ2n) is 8.88. The fourth-order valence-corrected chi connectivity index (χ4v) is 5.36. The van der Waals surface area contributed by atoms with Crippen LogP contribution in [0.1, 0.15) is 54.3 Å².